The summed E-state index contributed by atoms with van der Waals surface area (Å²) in [5.41, 5.74) is 3.30. The van der Waals surface area contributed by atoms with Crippen LogP contribution in [0.5, 0.6) is 23.0 Å². The summed E-state index contributed by atoms with van der Waals surface area (Å²) in [6, 6.07) is 12.6. The summed E-state index contributed by atoms with van der Waals surface area (Å²) < 4.78 is 22.2. The number of methoxy groups -OCH3 is 4. The van der Waals surface area contributed by atoms with Crippen molar-refractivity contribution in [2.75, 3.05) is 28.4 Å². The van der Waals surface area contributed by atoms with Gasteiger partial charge in [-0.2, -0.15) is 0 Å². The van der Waals surface area contributed by atoms with Crippen LogP contribution in [0.25, 0.3) is 5.57 Å². The van der Waals surface area contributed by atoms with E-state index in [9.17, 15) is 39.6 Å². The standard InChI is InChI=1S/C65H80Cl2O12.Na/c1-35(2)12-10-13-36(3)51-18-19-52-46-17-16-44-26-37(20-22-64(44,4)53(46)21-23-65(51,52)5)14-11-15-45(40-31-42(56(76-6)49(33-40)62(72)73)24-38-27-47(60(68)69)58(78-8)54(66)29-38)41-32-43(57(77-7)50(34-41)63(74)75)25-39-28-48(61(70)71)59(79-9)55(67)30-39;/h15,27-37,44,46,51-53H,10-14,16-26H2,1-9H3,(H,68,69)(H,70,71)(H,72,73)(H,74,75);/t36?,37-,44-,46-,51+,52-,53-,64-,65+;/m0./s1. The molecule has 12 nitrogen and oxygen atoms in total. The van der Waals surface area contributed by atoms with Crippen LogP contribution in [0.2, 0.25) is 10.0 Å². The number of allylic oxidation sites excluding steroid dienone is 1. The second-order valence-electron chi connectivity index (χ2n) is 24.3. The Kier molecular flexibility index (Phi) is 20.6. The minimum Gasteiger partial charge on any atom is -0.496 e. The Labute approximate surface area is 504 Å². The Morgan fingerprint density at radius 3 is 1.55 bits per heavy atom. The van der Waals surface area contributed by atoms with Gasteiger partial charge in [0, 0.05) is 42.4 Å². The molecule has 0 saturated heterocycles. The van der Waals surface area contributed by atoms with E-state index in [1.54, 1.807) is 24.3 Å². The molecule has 15 heteroatoms. The van der Waals surface area contributed by atoms with Gasteiger partial charge in [-0.05, 0) is 216 Å². The molecule has 1 unspecified atom stereocenters. The summed E-state index contributed by atoms with van der Waals surface area (Å²) in [5, 5.41) is 41.9. The fourth-order valence-electron chi connectivity index (χ4n) is 15.9. The Morgan fingerprint density at radius 1 is 0.600 bits per heavy atom. The first-order chi connectivity index (χ1) is 37.6. The minimum atomic E-state index is -1.27. The normalized spacial score (nSPS) is 24.3. The third kappa shape index (κ3) is 12.8. The van der Waals surface area contributed by atoms with Crippen molar-refractivity contribution in [2.24, 2.45) is 58.2 Å². The maximum atomic E-state index is 13.3. The third-order valence-electron chi connectivity index (χ3n) is 19.6. The van der Waals surface area contributed by atoms with Crippen LogP contribution < -0.4 is 18.9 Å². The van der Waals surface area contributed by atoms with Crippen molar-refractivity contribution in [1.29, 1.82) is 0 Å². The number of halogens is 2. The van der Waals surface area contributed by atoms with E-state index >= 15 is 0 Å². The van der Waals surface area contributed by atoms with Gasteiger partial charge in [-0.1, -0.05) is 83.2 Å². The molecule has 0 amide bonds. The first-order valence-electron chi connectivity index (χ1n) is 28.4. The zero-order valence-corrected chi connectivity index (χ0v) is 52.0. The molecule has 0 aliphatic heterocycles. The summed E-state index contributed by atoms with van der Waals surface area (Å²) in [4.78, 5) is 51.3. The Hall–Kier alpha value is -4.72. The number of carboxylic acid groups (broad SMARTS) is 4. The van der Waals surface area contributed by atoms with Crippen molar-refractivity contribution in [2.45, 2.75) is 137 Å². The first kappa shape index (κ1) is 62.9. The van der Waals surface area contributed by atoms with Crippen molar-refractivity contribution < 1.29 is 58.6 Å². The molecule has 0 heterocycles. The van der Waals surface area contributed by atoms with Crippen LogP contribution in [-0.4, -0.2) is 102 Å². The van der Waals surface area contributed by atoms with Crippen molar-refractivity contribution in [3.8, 4) is 23.0 Å². The van der Waals surface area contributed by atoms with Gasteiger partial charge in [0.05, 0.1) is 38.5 Å². The summed E-state index contributed by atoms with van der Waals surface area (Å²) in [6.45, 7) is 12.5. The molecule has 0 spiro atoms. The van der Waals surface area contributed by atoms with E-state index in [2.05, 4.69) is 40.7 Å². The third-order valence-corrected chi connectivity index (χ3v) is 20.1. The van der Waals surface area contributed by atoms with Crippen molar-refractivity contribution in [3.63, 3.8) is 0 Å². The molecule has 8 rings (SSSR count). The average molecular weight is 1150 g/mol. The molecule has 1 radical (unpaired) electrons. The Bertz CT molecular complexity index is 2860. The largest absolute Gasteiger partial charge is 0.496 e. The number of ether oxygens (including phenoxy) is 4. The van der Waals surface area contributed by atoms with E-state index in [0.717, 1.165) is 54.8 Å². The van der Waals surface area contributed by atoms with Crippen molar-refractivity contribution >= 4 is 82.2 Å². The second-order valence-corrected chi connectivity index (χ2v) is 25.2. The maximum absolute atomic E-state index is 13.3. The number of carboxylic acids is 4. The van der Waals surface area contributed by atoms with Crippen LogP contribution in [-0.2, 0) is 12.8 Å². The average Bonchev–Trinajstić information content (AvgIpc) is 3.92. The summed E-state index contributed by atoms with van der Waals surface area (Å²) in [7, 11) is 5.40. The van der Waals surface area contributed by atoms with Gasteiger partial charge in [0.1, 0.15) is 33.8 Å². The number of aromatic carboxylic acids is 4. The molecule has 4 N–H and O–H groups in total. The fourth-order valence-corrected chi connectivity index (χ4v) is 16.6. The number of carbonyl (C=O) groups is 4. The molecule has 4 aromatic rings. The van der Waals surface area contributed by atoms with Gasteiger partial charge in [-0.15, -0.1) is 0 Å². The smallest absolute Gasteiger partial charge is 0.339 e. The number of hydrogen-bond donors (Lipinski definition) is 4. The molecule has 4 saturated carbocycles. The van der Waals surface area contributed by atoms with Crippen LogP contribution >= 0.6 is 23.2 Å². The van der Waals surface area contributed by atoms with Crippen LogP contribution in [0.1, 0.15) is 199 Å². The molecule has 0 aromatic heterocycles. The molecule has 4 fully saturated rings. The summed E-state index contributed by atoms with van der Waals surface area (Å²) in [6.07, 6.45) is 19.0. The van der Waals surface area contributed by atoms with Crippen molar-refractivity contribution in [3.05, 3.63) is 120 Å². The SMILES string of the molecule is COc1c(Cl)cc(Cc2cc(C(=CCC[C@H]3CC[C@@]4(C)[C@@H](CC[C@@H]5[C@@H]4CC[C@]4(C)[C@@H](C(C)CCCC(C)C)CC[C@@H]54)C3)c3cc(Cc4cc(Cl)c(OC)c(C(=O)O)c4)c(OC)c(C(=O)O)c3)cc(C(=O)O)c2OC)cc1C(=O)O.[Na]. The maximum Gasteiger partial charge on any atom is 0.339 e. The molecule has 0 bridgehead atoms. The van der Waals surface area contributed by atoms with Gasteiger partial charge in [-0.25, -0.2) is 19.2 Å². The van der Waals surface area contributed by atoms with Crippen LogP contribution in [0.3, 0.4) is 0 Å². The van der Waals surface area contributed by atoms with Gasteiger partial charge in [0.2, 0.25) is 0 Å². The van der Waals surface area contributed by atoms with E-state index in [1.807, 2.05) is 0 Å². The number of benzene rings is 4. The van der Waals surface area contributed by atoms with Crippen LogP contribution in [0.4, 0.5) is 0 Å². The molecular formula is C65H80Cl2NaO12. The van der Waals surface area contributed by atoms with Gasteiger partial charge in [-0.3, -0.25) is 0 Å². The monoisotopic (exact) mass is 1150 g/mol. The first-order valence-corrected chi connectivity index (χ1v) is 29.1. The second kappa shape index (κ2) is 26.2. The Balaban J connectivity index is 0.00000924. The van der Waals surface area contributed by atoms with Gasteiger partial charge < -0.3 is 39.4 Å². The van der Waals surface area contributed by atoms with E-state index in [4.69, 9.17) is 42.1 Å². The molecular weight excluding hydrogens is 1070 g/mol. The van der Waals surface area contributed by atoms with Crippen LogP contribution in [0, 0.1) is 58.2 Å². The predicted octanol–water partition coefficient (Wildman–Crippen LogP) is 15.6. The van der Waals surface area contributed by atoms with Crippen molar-refractivity contribution in [1.82, 2.24) is 0 Å². The summed E-state index contributed by atoms with van der Waals surface area (Å²) in [5.74, 6) is 0.861. The van der Waals surface area contributed by atoms with Gasteiger partial charge in [0.25, 0.3) is 0 Å². The van der Waals surface area contributed by atoms with E-state index < -0.39 is 23.9 Å². The molecule has 80 heavy (non-hydrogen) atoms. The van der Waals surface area contributed by atoms with Gasteiger partial charge >= 0.3 is 23.9 Å². The van der Waals surface area contributed by atoms with E-state index in [0.29, 0.717) is 68.0 Å². The molecule has 427 valence electrons. The Morgan fingerprint density at radius 2 is 1.07 bits per heavy atom. The quantitative estimate of drug-likeness (QED) is 0.0547. The van der Waals surface area contributed by atoms with Gasteiger partial charge in [0.15, 0.2) is 11.5 Å². The molecule has 4 aromatic carbocycles. The zero-order chi connectivity index (χ0) is 57.2. The van der Waals surface area contributed by atoms with E-state index in [1.165, 1.54) is 117 Å². The number of hydrogen-bond acceptors (Lipinski definition) is 8. The molecule has 4 aliphatic rings. The summed E-state index contributed by atoms with van der Waals surface area (Å²) >= 11 is 13.2. The molecule has 9 atom stereocenters. The van der Waals surface area contributed by atoms with Crippen LogP contribution in [0.15, 0.2) is 54.6 Å². The number of fused-ring (bicyclic) bond motifs is 5. The predicted molar refractivity (Wildman–Crippen MR) is 314 cm³/mol. The van der Waals surface area contributed by atoms with E-state index in [-0.39, 0.29) is 97.7 Å². The molecule has 4 aliphatic carbocycles. The minimum absolute atomic E-state index is 0. The topological polar surface area (TPSA) is 186 Å². The fraction of sp³-hybridized carbons (Fsp3) is 0.538. The number of rotatable bonds is 22. The zero-order valence-electron chi connectivity index (χ0n) is 48.4.